The van der Waals surface area contributed by atoms with Crippen molar-refractivity contribution >= 4 is 0 Å². The first-order valence-corrected chi connectivity index (χ1v) is 7.38. The molecular weight excluding hydrogens is 262 g/mol. The lowest BCUT2D eigenvalue weighted by atomic mass is 9.93. The number of furan rings is 1. The Morgan fingerprint density at radius 3 is 2.43 bits per heavy atom. The summed E-state index contributed by atoms with van der Waals surface area (Å²) in [4.78, 5) is 2.27. The largest absolute Gasteiger partial charge is 0.468 e. The lowest BCUT2D eigenvalue weighted by Gasteiger charge is -2.26. The van der Waals surface area contributed by atoms with Crippen molar-refractivity contribution in [3.63, 3.8) is 0 Å². The van der Waals surface area contributed by atoms with Crippen molar-refractivity contribution in [3.05, 3.63) is 58.0 Å². The second-order valence-corrected chi connectivity index (χ2v) is 5.86. The molecule has 3 nitrogen and oxygen atoms in total. The van der Waals surface area contributed by atoms with Crippen LogP contribution in [0.15, 0.2) is 28.9 Å². The molecule has 21 heavy (non-hydrogen) atoms. The molecule has 1 aromatic heterocycles. The van der Waals surface area contributed by atoms with Gasteiger partial charge in [-0.3, -0.25) is 4.90 Å². The van der Waals surface area contributed by atoms with E-state index in [1.807, 2.05) is 12.1 Å². The van der Waals surface area contributed by atoms with Crippen LogP contribution < -0.4 is 0 Å². The molecule has 1 aromatic carbocycles. The van der Waals surface area contributed by atoms with Gasteiger partial charge in [-0.25, -0.2) is 0 Å². The number of aryl methyl sites for hydroxylation is 2. The van der Waals surface area contributed by atoms with E-state index in [2.05, 4.69) is 45.7 Å². The first-order chi connectivity index (χ1) is 9.95. The zero-order valence-corrected chi connectivity index (χ0v) is 13.6. The Balaban J connectivity index is 2.27. The van der Waals surface area contributed by atoms with Crippen molar-refractivity contribution < 1.29 is 9.52 Å². The van der Waals surface area contributed by atoms with E-state index in [-0.39, 0.29) is 12.6 Å². The van der Waals surface area contributed by atoms with Gasteiger partial charge in [0.1, 0.15) is 5.76 Å². The first-order valence-electron chi connectivity index (χ1n) is 7.38. The van der Waals surface area contributed by atoms with E-state index >= 15 is 0 Å². The van der Waals surface area contributed by atoms with E-state index in [4.69, 9.17) is 4.42 Å². The second-order valence-electron chi connectivity index (χ2n) is 5.86. The third-order valence-corrected chi connectivity index (χ3v) is 4.47. The van der Waals surface area contributed by atoms with Crippen LogP contribution in [0.2, 0.25) is 0 Å². The Hall–Kier alpha value is -1.58. The maximum absolute atomic E-state index is 9.58. The van der Waals surface area contributed by atoms with Crippen LogP contribution in [0.25, 0.3) is 0 Å². The zero-order chi connectivity index (χ0) is 15.6. The van der Waals surface area contributed by atoms with Gasteiger partial charge in [-0.1, -0.05) is 6.07 Å². The third-order valence-electron chi connectivity index (χ3n) is 4.47. The predicted molar refractivity (Wildman–Crippen MR) is 85.2 cm³/mol. The summed E-state index contributed by atoms with van der Waals surface area (Å²) in [5.74, 6) is 0.974. The quantitative estimate of drug-likeness (QED) is 0.906. The molecule has 1 N–H and O–H groups in total. The van der Waals surface area contributed by atoms with Gasteiger partial charge in [0.05, 0.1) is 18.9 Å². The normalized spacial score (nSPS) is 12.9. The van der Waals surface area contributed by atoms with Crippen molar-refractivity contribution in [1.29, 1.82) is 0 Å². The lowest BCUT2D eigenvalue weighted by molar-refractivity contribution is 0.222. The molecule has 0 saturated carbocycles. The zero-order valence-electron chi connectivity index (χ0n) is 13.6. The Morgan fingerprint density at radius 2 is 1.86 bits per heavy atom. The van der Waals surface area contributed by atoms with Crippen LogP contribution in [0.4, 0.5) is 0 Å². The maximum Gasteiger partial charge on any atom is 0.120 e. The van der Waals surface area contributed by atoms with Gasteiger partial charge in [0.15, 0.2) is 0 Å². The summed E-state index contributed by atoms with van der Waals surface area (Å²) in [7, 11) is 2.10. The van der Waals surface area contributed by atoms with Crippen molar-refractivity contribution in [2.75, 3.05) is 7.05 Å². The second kappa shape index (κ2) is 6.46. The highest BCUT2D eigenvalue weighted by molar-refractivity contribution is 5.44. The molecule has 0 unspecified atom stereocenters. The fourth-order valence-electron chi connectivity index (χ4n) is 2.89. The Kier molecular flexibility index (Phi) is 4.86. The monoisotopic (exact) mass is 287 g/mol. The summed E-state index contributed by atoms with van der Waals surface area (Å²) in [6, 6.07) is 6.32. The molecule has 2 aromatic rings. The Morgan fingerprint density at radius 1 is 1.19 bits per heavy atom. The van der Waals surface area contributed by atoms with Gasteiger partial charge in [-0.15, -0.1) is 0 Å². The maximum atomic E-state index is 9.58. The summed E-state index contributed by atoms with van der Waals surface area (Å²) in [5, 5.41) is 9.58. The van der Waals surface area contributed by atoms with Crippen LogP contribution in [0.5, 0.6) is 0 Å². The van der Waals surface area contributed by atoms with Crippen LogP contribution in [-0.2, 0) is 13.2 Å². The topological polar surface area (TPSA) is 36.6 Å². The molecule has 114 valence electrons. The van der Waals surface area contributed by atoms with Crippen molar-refractivity contribution in [2.45, 2.75) is 46.9 Å². The summed E-state index contributed by atoms with van der Waals surface area (Å²) >= 11 is 0. The van der Waals surface area contributed by atoms with E-state index in [0.717, 1.165) is 23.4 Å². The van der Waals surface area contributed by atoms with Crippen molar-refractivity contribution in [1.82, 2.24) is 4.90 Å². The molecule has 0 saturated heterocycles. The van der Waals surface area contributed by atoms with Crippen molar-refractivity contribution in [3.8, 4) is 0 Å². The molecule has 0 aliphatic heterocycles. The fourth-order valence-corrected chi connectivity index (χ4v) is 2.89. The number of aliphatic hydroxyl groups excluding tert-OH is 1. The molecule has 0 bridgehead atoms. The van der Waals surface area contributed by atoms with E-state index in [0.29, 0.717) is 0 Å². The van der Waals surface area contributed by atoms with Gasteiger partial charge >= 0.3 is 0 Å². The fraction of sp³-hybridized carbons (Fsp3) is 0.444. The average molecular weight is 287 g/mol. The minimum absolute atomic E-state index is 0.0996. The molecule has 0 radical (unpaired) electrons. The standard InChI is InChI=1S/C18H25NO2/c1-12-9-13(2)17(11-20)14(3)16(12)10-19(5)15(4)18-7-6-8-21-18/h6-9,15,20H,10-11H2,1-5H3/t15-/m1/s1. The number of aliphatic hydroxyl groups is 1. The van der Waals surface area contributed by atoms with Gasteiger partial charge in [0.2, 0.25) is 0 Å². The minimum Gasteiger partial charge on any atom is -0.468 e. The van der Waals surface area contributed by atoms with Gasteiger partial charge in [0.25, 0.3) is 0 Å². The highest BCUT2D eigenvalue weighted by Crippen LogP contribution is 2.27. The van der Waals surface area contributed by atoms with Gasteiger partial charge in [0, 0.05) is 6.54 Å². The van der Waals surface area contributed by atoms with Gasteiger partial charge in [-0.05, 0) is 74.7 Å². The van der Waals surface area contributed by atoms with E-state index in [1.165, 1.54) is 16.7 Å². The predicted octanol–water partition coefficient (Wildman–Crippen LogP) is 3.89. The summed E-state index contributed by atoms with van der Waals surface area (Å²) in [6.07, 6.45) is 1.71. The highest BCUT2D eigenvalue weighted by atomic mass is 16.3. The van der Waals surface area contributed by atoms with E-state index < -0.39 is 0 Å². The third kappa shape index (κ3) is 3.20. The van der Waals surface area contributed by atoms with Crippen LogP contribution in [-0.4, -0.2) is 17.1 Å². The summed E-state index contributed by atoms with van der Waals surface area (Å²) < 4.78 is 5.50. The Labute approximate surface area is 127 Å². The molecule has 3 heteroatoms. The van der Waals surface area contributed by atoms with Crippen LogP contribution >= 0.6 is 0 Å². The number of hydrogen-bond donors (Lipinski definition) is 1. The van der Waals surface area contributed by atoms with E-state index in [9.17, 15) is 5.11 Å². The number of nitrogens with zero attached hydrogens (tertiary/aromatic N) is 1. The minimum atomic E-state index is 0.0996. The van der Waals surface area contributed by atoms with Gasteiger partial charge in [-0.2, -0.15) is 0 Å². The molecule has 0 aliphatic carbocycles. The Bertz CT molecular complexity index is 602. The molecule has 0 spiro atoms. The van der Waals surface area contributed by atoms with E-state index in [1.54, 1.807) is 6.26 Å². The molecule has 1 atom stereocenters. The number of benzene rings is 1. The smallest absolute Gasteiger partial charge is 0.120 e. The SMILES string of the molecule is Cc1cc(C)c(CN(C)[C@H](C)c2ccco2)c(C)c1CO. The average Bonchev–Trinajstić information content (AvgIpc) is 2.96. The first kappa shape index (κ1) is 15.8. The molecule has 1 heterocycles. The molecule has 0 amide bonds. The summed E-state index contributed by atoms with van der Waals surface area (Å²) in [5.41, 5.74) is 5.99. The number of hydrogen-bond acceptors (Lipinski definition) is 3. The molecule has 0 fully saturated rings. The van der Waals surface area contributed by atoms with Crippen LogP contribution in [0.3, 0.4) is 0 Å². The highest BCUT2D eigenvalue weighted by Gasteiger charge is 2.17. The summed E-state index contributed by atoms with van der Waals surface area (Å²) in [6.45, 7) is 9.39. The lowest BCUT2D eigenvalue weighted by Crippen LogP contribution is -2.23. The van der Waals surface area contributed by atoms with Crippen molar-refractivity contribution in [2.24, 2.45) is 0 Å². The van der Waals surface area contributed by atoms with Crippen LogP contribution in [0.1, 0.15) is 46.5 Å². The van der Waals surface area contributed by atoms with Gasteiger partial charge < -0.3 is 9.52 Å². The van der Waals surface area contributed by atoms with Crippen LogP contribution in [0, 0.1) is 20.8 Å². The number of rotatable bonds is 5. The molecular formula is C18H25NO2. The molecule has 2 rings (SSSR count). The molecule has 0 aliphatic rings.